The monoisotopic (exact) mass is 255 g/mol. The van der Waals surface area contributed by atoms with E-state index in [1.807, 2.05) is 42.5 Å². The Morgan fingerprint density at radius 2 is 1.74 bits per heavy atom. The second-order valence-corrected chi connectivity index (χ2v) is 3.96. The Hall–Kier alpha value is -2.62. The third-order valence-electron chi connectivity index (χ3n) is 2.67. The maximum Gasteiger partial charge on any atom is 0.270 e. The summed E-state index contributed by atoms with van der Waals surface area (Å²) in [6.45, 7) is 0. The molecule has 2 aromatic rings. The molecule has 19 heavy (non-hydrogen) atoms. The lowest BCUT2D eigenvalue weighted by atomic mass is 10.1. The number of benzene rings is 2. The first-order valence-electron chi connectivity index (χ1n) is 5.75. The van der Waals surface area contributed by atoms with E-state index in [-0.39, 0.29) is 5.69 Å². The first-order valence-corrected chi connectivity index (χ1v) is 5.75. The van der Waals surface area contributed by atoms with Crippen molar-refractivity contribution in [1.29, 1.82) is 0 Å². The van der Waals surface area contributed by atoms with Gasteiger partial charge in [-0.3, -0.25) is 10.1 Å². The molecule has 0 heterocycles. The maximum absolute atomic E-state index is 10.7. The van der Waals surface area contributed by atoms with Crippen LogP contribution in [-0.2, 0) is 0 Å². The molecule has 2 aromatic carbocycles. The van der Waals surface area contributed by atoms with E-state index in [2.05, 4.69) is 0 Å². The molecule has 0 N–H and O–H groups in total. The number of nitro benzene ring substituents is 1. The number of methoxy groups -OCH3 is 1. The van der Waals surface area contributed by atoms with Crippen molar-refractivity contribution in [2.24, 2.45) is 0 Å². The van der Waals surface area contributed by atoms with Gasteiger partial charge in [-0.2, -0.15) is 0 Å². The lowest BCUT2D eigenvalue weighted by Gasteiger charge is -1.99. The molecule has 4 nitrogen and oxygen atoms in total. The molecule has 2 rings (SSSR count). The van der Waals surface area contributed by atoms with Crippen LogP contribution in [-0.4, -0.2) is 12.0 Å². The Labute approximate surface area is 111 Å². The zero-order valence-corrected chi connectivity index (χ0v) is 10.4. The van der Waals surface area contributed by atoms with Crippen LogP contribution in [0.5, 0.6) is 5.75 Å². The predicted octanol–water partition coefficient (Wildman–Crippen LogP) is 3.77. The molecule has 0 bridgehead atoms. The summed E-state index contributed by atoms with van der Waals surface area (Å²) in [5.74, 6) is 0.799. The maximum atomic E-state index is 10.7. The average Bonchev–Trinajstić information content (AvgIpc) is 2.46. The molecule has 0 aliphatic heterocycles. The van der Waals surface area contributed by atoms with Gasteiger partial charge in [0.2, 0.25) is 0 Å². The van der Waals surface area contributed by atoms with Gasteiger partial charge in [0, 0.05) is 12.1 Å². The molecule has 0 spiro atoms. The van der Waals surface area contributed by atoms with E-state index in [9.17, 15) is 10.1 Å². The van der Waals surface area contributed by atoms with Crippen LogP contribution in [0.2, 0.25) is 0 Å². The normalized spacial score (nSPS) is 10.6. The van der Waals surface area contributed by atoms with Crippen molar-refractivity contribution in [3.8, 4) is 5.75 Å². The Morgan fingerprint density at radius 3 is 2.37 bits per heavy atom. The third kappa shape index (κ3) is 3.42. The van der Waals surface area contributed by atoms with Crippen molar-refractivity contribution < 1.29 is 9.66 Å². The lowest BCUT2D eigenvalue weighted by molar-refractivity contribution is -0.384. The number of nitrogens with zero attached hydrogens (tertiary/aromatic N) is 1. The van der Waals surface area contributed by atoms with E-state index in [1.54, 1.807) is 19.2 Å². The summed E-state index contributed by atoms with van der Waals surface area (Å²) >= 11 is 0. The Balaban J connectivity index is 2.17. The van der Waals surface area contributed by atoms with Gasteiger partial charge >= 0.3 is 0 Å². The first kappa shape index (κ1) is 12.8. The quantitative estimate of drug-likeness (QED) is 0.474. The summed E-state index contributed by atoms with van der Waals surface area (Å²) in [7, 11) is 1.62. The summed E-state index contributed by atoms with van der Waals surface area (Å²) in [6.07, 6.45) is 3.74. The second-order valence-electron chi connectivity index (χ2n) is 3.96. The summed E-state index contributed by atoms with van der Waals surface area (Å²) in [4.78, 5) is 10.3. The van der Waals surface area contributed by atoms with Crippen LogP contribution in [0.3, 0.4) is 0 Å². The topological polar surface area (TPSA) is 52.4 Å². The third-order valence-corrected chi connectivity index (χ3v) is 2.67. The zero-order chi connectivity index (χ0) is 13.7. The van der Waals surface area contributed by atoms with E-state index in [0.29, 0.717) is 0 Å². The van der Waals surface area contributed by atoms with Gasteiger partial charge in [-0.05, 0) is 23.3 Å². The number of hydrogen-bond acceptors (Lipinski definition) is 3. The molecule has 0 atom stereocenters. The van der Waals surface area contributed by atoms with Gasteiger partial charge in [0.25, 0.3) is 5.69 Å². The molecular weight excluding hydrogens is 242 g/mol. The van der Waals surface area contributed by atoms with Crippen LogP contribution in [0.4, 0.5) is 5.69 Å². The van der Waals surface area contributed by atoms with Crippen molar-refractivity contribution in [1.82, 2.24) is 0 Å². The minimum Gasteiger partial charge on any atom is -0.497 e. The summed E-state index contributed by atoms with van der Waals surface area (Å²) < 4.78 is 5.07. The smallest absolute Gasteiger partial charge is 0.270 e. The van der Waals surface area contributed by atoms with Crippen molar-refractivity contribution >= 4 is 17.8 Å². The van der Waals surface area contributed by atoms with E-state index in [1.165, 1.54) is 6.07 Å². The second kappa shape index (κ2) is 5.82. The van der Waals surface area contributed by atoms with Gasteiger partial charge in [0.15, 0.2) is 0 Å². The fourth-order valence-electron chi connectivity index (χ4n) is 1.65. The average molecular weight is 255 g/mol. The fraction of sp³-hybridized carbons (Fsp3) is 0.0667. The van der Waals surface area contributed by atoms with E-state index in [4.69, 9.17) is 4.74 Å². The number of ether oxygens (including phenoxy) is 1. The highest BCUT2D eigenvalue weighted by atomic mass is 16.6. The largest absolute Gasteiger partial charge is 0.497 e. The molecule has 0 saturated carbocycles. The highest BCUT2D eigenvalue weighted by Crippen LogP contribution is 2.17. The molecule has 0 fully saturated rings. The number of nitro groups is 1. The molecular formula is C15H13NO3. The van der Waals surface area contributed by atoms with Gasteiger partial charge in [0.1, 0.15) is 5.75 Å². The van der Waals surface area contributed by atoms with Gasteiger partial charge in [0.05, 0.1) is 12.0 Å². The number of rotatable bonds is 4. The van der Waals surface area contributed by atoms with E-state index in [0.717, 1.165) is 16.9 Å². The Kier molecular flexibility index (Phi) is 3.93. The minimum atomic E-state index is -0.398. The molecule has 96 valence electrons. The Bertz CT molecular complexity index is 603. The number of non-ortho nitro benzene ring substituents is 1. The summed E-state index contributed by atoms with van der Waals surface area (Å²) in [5.41, 5.74) is 1.90. The standard InChI is InChI=1S/C15H13NO3/c1-19-15-9-7-12(8-10-15)5-6-13-3-2-4-14(11-13)16(17)18/h2-11H,1H3/b6-5-. The minimum absolute atomic E-state index is 0.0943. The molecule has 4 heteroatoms. The predicted molar refractivity (Wildman–Crippen MR) is 75.0 cm³/mol. The van der Waals surface area contributed by atoms with Crippen molar-refractivity contribution in [3.05, 3.63) is 69.8 Å². The molecule has 0 amide bonds. The number of hydrogen-bond donors (Lipinski definition) is 0. The van der Waals surface area contributed by atoms with Gasteiger partial charge in [-0.25, -0.2) is 0 Å². The first-order chi connectivity index (χ1) is 9.19. The van der Waals surface area contributed by atoms with Gasteiger partial charge in [-0.15, -0.1) is 0 Å². The zero-order valence-electron chi connectivity index (χ0n) is 10.4. The molecule has 0 saturated heterocycles. The highest BCUT2D eigenvalue weighted by molar-refractivity contribution is 5.70. The highest BCUT2D eigenvalue weighted by Gasteiger charge is 2.03. The molecule has 0 radical (unpaired) electrons. The van der Waals surface area contributed by atoms with Crippen molar-refractivity contribution in [3.63, 3.8) is 0 Å². The van der Waals surface area contributed by atoms with Crippen LogP contribution < -0.4 is 4.74 Å². The lowest BCUT2D eigenvalue weighted by Crippen LogP contribution is -1.87. The van der Waals surface area contributed by atoms with Crippen LogP contribution in [0.25, 0.3) is 12.2 Å². The van der Waals surface area contributed by atoms with Gasteiger partial charge in [-0.1, -0.05) is 36.4 Å². The fourth-order valence-corrected chi connectivity index (χ4v) is 1.65. The Morgan fingerprint density at radius 1 is 1.05 bits per heavy atom. The van der Waals surface area contributed by atoms with Crippen LogP contribution in [0, 0.1) is 10.1 Å². The van der Waals surface area contributed by atoms with Crippen LogP contribution in [0.15, 0.2) is 48.5 Å². The molecule has 0 aliphatic rings. The van der Waals surface area contributed by atoms with E-state index < -0.39 is 4.92 Å². The van der Waals surface area contributed by atoms with Crippen molar-refractivity contribution in [2.75, 3.05) is 7.11 Å². The molecule has 0 unspecified atom stereocenters. The summed E-state index contributed by atoms with van der Waals surface area (Å²) in [6, 6.07) is 14.1. The van der Waals surface area contributed by atoms with Crippen LogP contribution in [0.1, 0.15) is 11.1 Å². The van der Waals surface area contributed by atoms with Gasteiger partial charge < -0.3 is 4.74 Å². The van der Waals surface area contributed by atoms with E-state index >= 15 is 0 Å². The van der Waals surface area contributed by atoms with Crippen molar-refractivity contribution in [2.45, 2.75) is 0 Å². The molecule has 0 aromatic heterocycles. The molecule has 0 aliphatic carbocycles. The van der Waals surface area contributed by atoms with Crippen LogP contribution >= 0.6 is 0 Å². The SMILES string of the molecule is COc1ccc(/C=C\c2cccc([N+](=O)[O-])c2)cc1. The summed E-state index contributed by atoms with van der Waals surface area (Å²) in [5, 5.41) is 10.7.